The van der Waals surface area contributed by atoms with Crippen LogP contribution in [0.1, 0.15) is 5.56 Å². The van der Waals surface area contributed by atoms with Crippen LogP contribution in [0, 0.1) is 0 Å². The van der Waals surface area contributed by atoms with E-state index in [-0.39, 0.29) is 10.2 Å². The number of carbonyl (C=O) groups is 1. The summed E-state index contributed by atoms with van der Waals surface area (Å²) >= 11 is 2.99. The molecule has 0 amide bonds. The van der Waals surface area contributed by atoms with Gasteiger partial charge in [0, 0.05) is 10.5 Å². The summed E-state index contributed by atoms with van der Waals surface area (Å²) in [5, 5.41) is 8.44. The maximum atomic E-state index is 12.0. The van der Waals surface area contributed by atoms with Gasteiger partial charge in [0.05, 0.1) is 5.69 Å². The fourth-order valence-electron chi connectivity index (χ4n) is 1.09. The summed E-state index contributed by atoms with van der Waals surface area (Å²) in [5.41, 5.74) is 5.45. The highest BCUT2D eigenvalue weighted by atomic mass is 79.9. The van der Waals surface area contributed by atoms with E-state index < -0.39 is 18.1 Å². The molecule has 0 fully saturated rings. The van der Waals surface area contributed by atoms with E-state index in [1.807, 2.05) is 0 Å². The number of aliphatic carboxylic acids is 1. The average molecular weight is 326 g/mol. The standard InChI is InChI=1S/C10H7BrF3NO3/c11-6-4-8(18-10(12,13)14)7(15)3-5(6)1-2-9(16)17/h1-4H,15H2,(H,16,17)/b2-1+. The molecule has 0 aliphatic rings. The van der Waals surface area contributed by atoms with Crippen LogP contribution >= 0.6 is 15.9 Å². The molecule has 0 bridgehead atoms. The Morgan fingerprint density at radius 3 is 2.56 bits per heavy atom. The van der Waals surface area contributed by atoms with Crippen molar-refractivity contribution in [3.8, 4) is 5.75 Å². The average Bonchev–Trinajstić information content (AvgIpc) is 2.18. The summed E-state index contributed by atoms with van der Waals surface area (Å²) in [6.07, 6.45) is -2.81. The lowest BCUT2D eigenvalue weighted by atomic mass is 10.1. The summed E-state index contributed by atoms with van der Waals surface area (Å²) in [6, 6.07) is 2.19. The number of nitrogen functional groups attached to an aromatic ring is 1. The number of carboxylic acids is 1. The second-order valence-corrected chi connectivity index (χ2v) is 3.99. The number of nitrogens with two attached hydrogens (primary N) is 1. The van der Waals surface area contributed by atoms with Gasteiger partial charge in [-0.05, 0) is 23.8 Å². The smallest absolute Gasteiger partial charge is 0.478 e. The van der Waals surface area contributed by atoms with E-state index in [1.54, 1.807) is 0 Å². The molecule has 98 valence electrons. The predicted octanol–water partition coefficient (Wildman–Crippen LogP) is 3.03. The molecule has 8 heteroatoms. The summed E-state index contributed by atoms with van der Waals surface area (Å²) in [5.74, 6) is -1.74. The van der Waals surface area contributed by atoms with E-state index in [1.165, 1.54) is 12.1 Å². The number of hydrogen-bond acceptors (Lipinski definition) is 3. The van der Waals surface area contributed by atoms with E-state index >= 15 is 0 Å². The third kappa shape index (κ3) is 4.28. The van der Waals surface area contributed by atoms with Gasteiger partial charge in [-0.3, -0.25) is 0 Å². The van der Waals surface area contributed by atoms with Crippen molar-refractivity contribution in [2.45, 2.75) is 6.36 Å². The summed E-state index contributed by atoms with van der Waals surface area (Å²) in [4.78, 5) is 10.3. The monoisotopic (exact) mass is 325 g/mol. The number of halogens is 4. The fraction of sp³-hybridized carbons (Fsp3) is 0.100. The van der Waals surface area contributed by atoms with E-state index in [0.717, 1.165) is 12.1 Å². The van der Waals surface area contributed by atoms with E-state index in [4.69, 9.17) is 10.8 Å². The lowest BCUT2D eigenvalue weighted by Crippen LogP contribution is -2.18. The van der Waals surface area contributed by atoms with Crippen LogP contribution in [0.4, 0.5) is 18.9 Å². The highest BCUT2D eigenvalue weighted by Gasteiger charge is 2.32. The molecular formula is C10H7BrF3NO3. The molecule has 18 heavy (non-hydrogen) atoms. The molecule has 0 radical (unpaired) electrons. The van der Waals surface area contributed by atoms with Crippen molar-refractivity contribution in [1.29, 1.82) is 0 Å². The summed E-state index contributed by atoms with van der Waals surface area (Å²) in [6.45, 7) is 0. The minimum absolute atomic E-state index is 0.230. The molecule has 1 rings (SSSR count). The fourth-order valence-corrected chi connectivity index (χ4v) is 1.55. The van der Waals surface area contributed by atoms with Gasteiger partial charge in [0.25, 0.3) is 0 Å². The zero-order valence-electron chi connectivity index (χ0n) is 8.66. The Morgan fingerprint density at radius 1 is 1.44 bits per heavy atom. The van der Waals surface area contributed by atoms with Crippen molar-refractivity contribution < 1.29 is 27.8 Å². The van der Waals surface area contributed by atoms with Crippen LogP contribution in [0.5, 0.6) is 5.75 Å². The third-order valence-corrected chi connectivity index (χ3v) is 2.45. The topological polar surface area (TPSA) is 72.6 Å². The van der Waals surface area contributed by atoms with Gasteiger partial charge >= 0.3 is 12.3 Å². The molecule has 0 unspecified atom stereocenters. The lowest BCUT2D eigenvalue weighted by Gasteiger charge is -2.12. The quantitative estimate of drug-likeness (QED) is 0.661. The molecule has 0 heterocycles. The zero-order chi connectivity index (χ0) is 13.9. The minimum atomic E-state index is -4.84. The van der Waals surface area contributed by atoms with Crippen LogP contribution in [-0.4, -0.2) is 17.4 Å². The van der Waals surface area contributed by atoms with Crippen LogP contribution in [0.25, 0.3) is 6.08 Å². The Morgan fingerprint density at radius 2 is 2.06 bits per heavy atom. The Balaban J connectivity index is 3.08. The van der Waals surface area contributed by atoms with Gasteiger partial charge in [-0.2, -0.15) is 0 Å². The van der Waals surface area contributed by atoms with Crippen LogP contribution in [0.3, 0.4) is 0 Å². The van der Waals surface area contributed by atoms with Crippen molar-refractivity contribution >= 4 is 33.7 Å². The molecule has 0 atom stereocenters. The van der Waals surface area contributed by atoms with Crippen molar-refractivity contribution in [2.75, 3.05) is 5.73 Å². The largest absolute Gasteiger partial charge is 0.573 e. The number of rotatable bonds is 3. The molecule has 4 nitrogen and oxygen atoms in total. The van der Waals surface area contributed by atoms with E-state index in [2.05, 4.69) is 20.7 Å². The molecule has 0 aliphatic heterocycles. The van der Waals surface area contributed by atoms with Gasteiger partial charge in [0.2, 0.25) is 0 Å². The zero-order valence-corrected chi connectivity index (χ0v) is 10.2. The lowest BCUT2D eigenvalue weighted by molar-refractivity contribution is -0.274. The first-order valence-electron chi connectivity index (χ1n) is 4.45. The number of ether oxygens (including phenoxy) is 1. The molecule has 1 aromatic rings. The van der Waals surface area contributed by atoms with Crippen LogP contribution in [0.2, 0.25) is 0 Å². The first-order valence-corrected chi connectivity index (χ1v) is 5.24. The van der Waals surface area contributed by atoms with Crippen LogP contribution < -0.4 is 10.5 Å². The number of hydrogen-bond donors (Lipinski definition) is 2. The van der Waals surface area contributed by atoms with E-state index in [0.29, 0.717) is 5.56 Å². The highest BCUT2D eigenvalue weighted by Crippen LogP contribution is 2.33. The molecular weight excluding hydrogens is 319 g/mol. The Bertz CT molecular complexity index is 500. The minimum Gasteiger partial charge on any atom is -0.478 e. The van der Waals surface area contributed by atoms with Gasteiger partial charge in [-0.1, -0.05) is 15.9 Å². The maximum Gasteiger partial charge on any atom is 0.573 e. The first kappa shape index (κ1) is 14.4. The summed E-state index contributed by atoms with van der Waals surface area (Å²) < 4.78 is 40.0. The van der Waals surface area contributed by atoms with Crippen LogP contribution in [-0.2, 0) is 4.79 Å². The molecule has 1 aromatic carbocycles. The van der Waals surface area contributed by atoms with Crippen molar-refractivity contribution in [2.24, 2.45) is 0 Å². The normalized spacial score (nSPS) is 11.8. The second-order valence-electron chi connectivity index (χ2n) is 3.13. The van der Waals surface area contributed by atoms with Gasteiger partial charge < -0.3 is 15.6 Å². The van der Waals surface area contributed by atoms with Crippen LogP contribution in [0.15, 0.2) is 22.7 Å². The number of alkyl halides is 3. The third-order valence-electron chi connectivity index (χ3n) is 1.76. The maximum absolute atomic E-state index is 12.0. The predicted molar refractivity (Wildman–Crippen MR) is 61.9 cm³/mol. The van der Waals surface area contributed by atoms with Gasteiger partial charge in [-0.15, -0.1) is 13.2 Å². The van der Waals surface area contributed by atoms with Gasteiger partial charge in [0.1, 0.15) is 0 Å². The SMILES string of the molecule is Nc1cc(/C=C/C(=O)O)c(Br)cc1OC(F)(F)F. The van der Waals surface area contributed by atoms with Gasteiger partial charge in [0.15, 0.2) is 5.75 Å². The highest BCUT2D eigenvalue weighted by molar-refractivity contribution is 9.10. The Kier molecular flexibility index (Phi) is 4.23. The molecule has 0 saturated carbocycles. The van der Waals surface area contributed by atoms with Crippen molar-refractivity contribution in [3.63, 3.8) is 0 Å². The summed E-state index contributed by atoms with van der Waals surface area (Å²) in [7, 11) is 0. The number of anilines is 1. The number of carboxylic acid groups (broad SMARTS) is 1. The molecule has 0 saturated heterocycles. The first-order chi connectivity index (χ1) is 8.19. The number of benzene rings is 1. The molecule has 0 aromatic heterocycles. The van der Waals surface area contributed by atoms with Gasteiger partial charge in [-0.25, -0.2) is 4.79 Å². The van der Waals surface area contributed by atoms with Crippen molar-refractivity contribution in [1.82, 2.24) is 0 Å². The molecule has 0 spiro atoms. The Hall–Kier alpha value is -1.70. The second kappa shape index (κ2) is 5.30. The Labute approximate surface area is 108 Å². The molecule has 0 aliphatic carbocycles. The van der Waals surface area contributed by atoms with Crippen molar-refractivity contribution in [3.05, 3.63) is 28.2 Å². The van der Waals surface area contributed by atoms with E-state index in [9.17, 15) is 18.0 Å². The molecule has 3 N–H and O–H groups in total.